The molecule has 8 nitrogen and oxygen atoms in total. The third-order valence-corrected chi connectivity index (χ3v) is 7.59. The van der Waals surface area contributed by atoms with Crippen molar-refractivity contribution in [3.63, 3.8) is 0 Å². The molecule has 2 aliphatic rings. The van der Waals surface area contributed by atoms with Gasteiger partial charge in [0.15, 0.2) is 23.0 Å². The predicted molar refractivity (Wildman–Crippen MR) is 147 cm³/mol. The van der Waals surface area contributed by atoms with Gasteiger partial charge in [-0.1, -0.05) is 0 Å². The minimum absolute atomic E-state index is 0.0900. The van der Waals surface area contributed by atoms with Gasteiger partial charge in [0.1, 0.15) is 43.2 Å². The number of fused-ring (bicyclic) bond motifs is 2. The lowest BCUT2D eigenvalue weighted by Gasteiger charge is -2.47. The molecule has 1 aromatic carbocycles. The van der Waals surface area contributed by atoms with Gasteiger partial charge in [-0.2, -0.15) is 4.52 Å². The van der Waals surface area contributed by atoms with E-state index in [0.717, 1.165) is 54.4 Å². The van der Waals surface area contributed by atoms with Crippen LogP contribution < -0.4 is 24.7 Å². The van der Waals surface area contributed by atoms with Crippen molar-refractivity contribution in [1.29, 1.82) is 0 Å². The fourth-order valence-corrected chi connectivity index (χ4v) is 4.64. The third kappa shape index (κ3) is 4.17. The molecule has 178 valence electrons. The molecule has 1 fully saturated rings. The quantitative estimate of drug-likeness (QED) is 0.440. The van der Waals surface area contributed by atoms with E-state index in [1.54, 1.807) is 0 Å². The highest BCUT2D eigenvalue weighted by molar-refractivity contribution is 6.53. The predicted octanol–water partition coefficient (Wildman–Crippen LogP) is -1.33. The van der Waals surface area contributed by atoms with Crippen LogP contribution in [0.3, 0.4) is 0 Å². The maximum absolute atomic E-state index is 12.5. The van der Waals surface area contributed by atoms with Gasteiger partial charge >= 0.3 is 0 Å². The molecule has 35 heavy (non-hydrogen) atoms. The smallest absolute Gasteiger partial charge is 0.274 e. The number of aryl methyl sites for hydroxylation is 2. The van der Waals surface area contributed by atoms with Crippen LogP contribution in [0, 0.1) is 20.8 Å². The molecule has 0 radical (unpaired) electrons. The molecule has 0 bridgehead atoms. The zero-order chi connectivity index (χ0) is 25.1. The van der Waals surface area contributed by atoms with Crippen LogP contribution in [0.15, 0.2) is 29.1 Å². The van der Waals surface area contributed by atoms with Crippen molar-refractivity contribution in [3.05, 3.63) is 51.4 Å². The summed E-state index contributed by atoms with van der Waals surface area (Å²) in [5.41, 5.74) is 3.21. The van der Waals surface area contributed by atoms with Crippen molar-refractivity contribution in [2.75, 3.05) is 18.0 Å². The summed E-state index contributed by atoms with van der Waals surface area (Å²) >= 11 is 0. The van der Waals surface area contributed by atoms with E-state index in [-0.39, 0.29) is 11.7 Å². The van der Waals surface area contributed by atoms with E-state index in [4.69, 9.17) is 14.2 Å². The summed E-state index contributed by atoms with van der Waals surface area (Å²) in [4.78, 5) is 19.3. The Hall–Kier alpha value is -3.03. The second-order valence-corrected chi connectivity index (χ2v) is 10.7. The third-order valence-electron chi connectivity index (χ3n) is 7.59. The van der Waals surface area contributed by atoms with Gasteiger partial charge in [-0.15, -0.1) is 5.10 Å². The van der Waals surface area contributed by atoms with E-state index >= 15 is 0 Å². The van der Waals surface area contributed by atoms with Gasteiger partial charge in [-0.25, -0.2) is 4.98 Å². The fourth-order valence-electron chi connectivity index (χ4n) is 4.64. The first kappa shape index (κ1) is 23.7. The average molecular weight is 470 g/mol. The lowest BCUT2D eigenvalue weighted by Crippen LogP contribution is -2.65. The first-order valence-corrected chi connectivity index (χ1v) is 12.3. The summed E-state index contributed by atoms with van der Waals surface area (Å²) in [7, 11) is 8.15. The molecule has 0 aliphatic carbocycles. The zero-order valence-electron chi connectivity index (χ0n) is 21.6. The Labute approximate surface area is 209 Å². The number of ether oxygens (including phenoxy) is 3. The van der Waals surface area contributed by atoms with Crippen molar-refractivity contribution in [1.82, 2.24) is 14.6 Å². The van der Waals surface area contributed by atoms with Crippen LogP contribution in [0.2, 0.25) is 0 Å². The molecule has 0 spiro atoms. The number of piperidine rings is 1. The number of hydrogen-bond acceptors (Lipinski definition) is 7. The molecule has 12 heteroatoms. The van der Waals surface area contributed by atoms with Gasteiger partial charge in [-0.3, -0.25) is 4.79 Å². The molecular formula is C23H30B4N4O4. The van der Waals surface area contributed by atoms with Gasteiger partial charge in [0, 0.05) is 54.9 Å². The molecule has 0 atom stereocenters. The zero-order valence-corrected chi connectivity index (χ0v) is 21.6. The van der Waals surface area contributed by atoms with Crippen molar-refractivity contribution < 1.29 is 14.2 Å². The number of nitrogens with zero attached hydrogens (tertiary/aromatic N) is 4. The fraction of sp³-hybridized carbons (Fsp3) is 0.435. The highest BCUT2D eigenvalue weighted by atomic mass is 16.6. The van der Waals surface area contributed by atoms with E-state index in [2.05, 4.69) is 15.0 Å². The van der Waals surface area contributed by atoms with E-state index in [1.807, 2.05) is 70.4 Å². The minimum Gasteiger partial charge on any atom is -0.499 e. The average Bonchev–Trinajstić information content (AvgIpc) is 2.78. The van der Waals surface area contributed by atoms with Gasteiger partial charge in [0.2, 0.25) is 0 Å². The molecule has 4 heterocycles. The molecule has 0 unspecified atom stereocenters. The van der Waals surface area contributed by atoms with Gasteiger partial charge in [0.05, 0.1) is 10.8 Å². The van der Waals surface area contributed by atoms with Crippen molar-refractivity contribution >= 4 is 42.9 Å². The number of benzene rings is 1. The number of anilines is 1. The lowest BCUT2D eigenvalue weighted by molar-refractivity contribution is 0.0609. The van der Waals surface area contributed by atoms with Gasteiger partial charge < -0.3 is 19.1 Å². The molecule has 2 aliphatic heterocycles. The summed E-state index contributed by atoms with van der Waals surface area (Å²) < 4.78 is 20.2. The van der Waals surface area contributed by atoms with Crippen LogP contribution in [0.5, 0.6) is 17.2 Å². The highest BCUT2D eigenvalue weighted by Crippen LogP contribution is 2.41. The first-order valence-electron chi connectivity index (χ1n) is 12.3. The monoisotopic (exact) mass is 470 g/mol. The summed E-state index contributed by atoms with van der Waals surface area (Å²) in [6, 6.07) is 7.32. The lowest BCUT2D eigenvalue weighted by atomic mass is 9.41. The highest BCUT2D eigenvalue weighted by Gasteiger charge is 2.44. The molecule has 5 rings (SSSR count). The van der Waals surface area contributed by atoms with E-state index in [1.165, 1.54) is 10.6 Å². The van der Waals surface area contributed by atoms with Crippen LogP contribution in [0.25, 0.3) is 5.65 Å². The Balaban J connectivity index is 1.30. The molecule has 2 aromatic heterocycles. The summed E-state index contributed by atoms with van der Waals surface area (Å²) in [6.07, 6.45) is 1.80. The summed E-state index contributed by atoms with van der Waals surface area (Å²) in [5.74, 6) is 3.07. The van der Waals surface area contributed by atoms with Crippen LogP contribution >= 0.6 is 0 Å². The van der Waals surface area contributed by atoms with Crippen molar-refractivity contribution in [2.45, 2.75) is 50.5 Å². The van der Waals surface area contributed by atoms with E-state index in [0.29, 0.717) is 17.1 Å². The van der Waals surface area contributed by atoms with Gasteiger partial charge in [-0.05, 0) is 32.9 Å². The molecule has 0 amide bonds. The minimum atomic E-state index is -0.455. The SMILES string of the molecule is BC1(B)Oc2ccc(OC3CCN(c4nn5c(=O)cc(C)nc5c(C)c4C)CC3)cc2OC1(B)B. The topological polar surface area (TPSA) is 78.2 Å². The first-order chi connectivity index (χ1) is 16.4. The van der Waals surface area contributed by atoms with E-state index in [9.17, 15) is 4.79 Å². The summed E-state index contributed by atoms with van der Waals surface area (Å²) in [5, 5.41) is 3.80. The van der Waals surface area contributed by atoms with Crippen LogP contribution in [-0.2, 0) is 0 Å². The largest absolute Gasteiger partial charge is 0.499 e. The Morgan fingerprint density at radius 3 is 2.31 bits per heavy atom. The Bertz CT molecular complexity index is 1370. The van der Waals surface area contributed by atoms with Crippen LogP contribution in [0.1, 0.15) is 29.7 Å². The molecular weight excluding hydrogens is 440 g/mol. The number of hydrogen-bond donors (Lipinski definition) is 0. The maximum atomic E-state index is 12.5. The molecule has 0 N–H and O–H groups in total. The van der Waals surface area contributed by atoms with Crippen LogP contribution in [-0.4, -0.2) is 76.0 Å². The Morgan fingerprint density at radius 1 is 0.971 bits per heavy atom. The Morgan fingerprint density at radius 2 is 1.63 bits per heavy atom. The molecule has 1 saturated heterocycles. The summed E-state index contributed by atoms with van der Waals surface area (Å²) in [6.45, 7) is 7.47. The molecule has 3 aromatic rings. The standard InChI is InChI=1S/C23H30B4N4O4/c1-12-10-19(32)31-20(28-12)13(2)14(3)21(29-31)30-8-6-15(7-9-30)33-16-4-5-17-18(11-16)35-23(26,27)22(24,25)34-17/h4-5,10-11,15H,6-9,24-27H2,1-3H3. The number of rotatable bonds is 3. The number of aromatic nitrogens is 3. The van der Waals surface area contributed by atoms with Crippen molar-refractivity contribution in [3.8, 4) is 17.2 Å². The van der Waals surface area contributed by atoms with E-state index < -0.39 is 10.8 Å². The van der Waals surface area contributed by atoms with Crippen molar-refractivity contribution in [2.24, 2.45) is 0 Å². The Kier molecular flexibility index (Phi) is 5.60. The second-order valence-electron chi connectivity index (χ2n) is 10.7. The maximum Gasteiger partial charge on any atom is 0.274 e. The molecule has 0 saturated carbocycles. The van der Waals surface area contributed by atoms with Gasteiger partial charge in [0.25, 0.3) is 5.56 Å². The normalized spacial score (nSPS) is 19.0. The van der Waals surface area contributed by atoms with Crippen LogP contribution in [0.4, 0.5) is 5.82 Å². The second kappa shape index (κ2) is 8.28.